The second kappa shape index (κ2) is 4.52. The first-order chi connectivity index (χ1) is 8.10. The molecule has 0 atom stereocenters. The molecule has 1 aromatic heterocycles. The standard InChI is InChI=1S/C10H15N5O2/c1-6-3-7(4-6)13-9-8(15(16)17)5-12-10(11-2)14-9/h5-7H,3-4H2,1-2H3,(H2,11,12,13,14). The molecule has 1 heterocycles. The Labute approximate surface area is 98.8 Å². The molecule has 0 amide bonds. The van der Waals surface area contributed by atoms with Crippen molar-refractivity contribution >= 4 is 17.5 Å². The molecule has 2 rings (SSSR count). The van der Waals surface area contributed by atoms with Gasteiger partial charge in [-0.25, -0.2) is 4.98 Å². The van der Waals surface area contributed by atoms with E-state index in [0.717, 1.165) is 12.8 Å². The fraction of sp³-hybridized carbons (Fsp3) is 0.600. The van der Waals surface area contributed by atoms with Gasteiger partial charge in [-0.3, -0.25) is 10.1 Å². The van der Waals surface area contributed by atoms with E-state index in [-0.39, 0.29) is 11.7 Å². The lowest BCUT2D eigenvalue weighted by Crippen LogP contribution is -2.34. The Morgan fingerprint density at radius 3 is 2.76 bits per heavy atom. The minimum absolute atomic E-state index is 0.0800. The van der Waals surface area contributed by atoms with Crippen molar-refractivity contribution in [2.75, 3.05) is 17.7 Å². The predicted molar refractivity (Wildman–Crippen MR) is 64.0 cm³/mol. The van der Waals surface area contributed by atoms with Crippen molar-refractivity contribution in [3.05, 3.63) is 16.3 Å². The van der Waals surface area contributed by atoms with Crippen molar-refractivity contribution in [1.29, 1.82) is 0 Å². The van der Waals surface area contributed by atoms with Crippen LogP contribution in [-0.2, 0) is 0 Å². The Kier molecular flexibility index (Phi) is 3.08. The first-order valence-electron chi connectivity index (χ1n) is 5.56. The molecule has 1 aliphatic rings. The first kappa shape index (κ1) is 11.6. The molecule has 0 spiro atoms. The fourth-order valence-corrected chi connectivity index (χ4v) is 1.95. The lowest BCUT2D eigenvalue weighted by Gasteiger charge is -2.33. The molecular weight excluding hydrogens is 222 g/mol. The van der Waals surface area contributed by atoms with Crippen LogP contribution in [0, 0.1) is 16.0 Å². The monoisotopic (exact) mass is 237 g/mol. The van der Waals surface area contributed by atoms with Crippen LogP contribution in [0.5, 0.6) is 0 Å². The van der Waals surface area contributed by atoms with Crippen LogP contribution in [0.2, 0.25) is 0 Å². The van der Waals surface area contributed by atoms with E-state index in [0.29, 0.717) is 17.7 Å². The summed E-state index contributed by atoms with van der Waals surface area (Å²) in [6.45, 7) is 2.16. The number of anilines is 2. The van der Waals surface area contributed by atoms with Gasteiger partial charge in [0.15, 0.2) is 0 Å². The summed E-state index contributed by atoms with van der Waals surface area (Å²) in [5.41, 5.74) is -0.0800. The van der Waals surface area contributed by atoms with E-state index in [2.05, 4.69) is 27.5 Å². The molecule has 0 saturated heterocycles. The predicted octanol–water partition coefficient (Wildman–Crippen LogP) is 1.64. The third kappa shape index (κ3) is 2.43. The Morgan fingerprint density at radius 2 is 2.24 bits per heavy atom. The van der Waals surface area contributed by atoms with Gasteiger partial charge >= 0.3 is 5.69 Å². The molecule has 92 valence electrons. The van der Waals surface area contributed by atoms with Gasteiger partial charge in [-0.05, 0) is 18.8 Å². The highest BCUT2D eigenvalue weighted by Crippen LogP contribution is 2.31. The SMILES string of the molecule is CNc1ncc([N+](=O)[O-])c(NC2CC(C)C2)n1. The van der Waals surface area contributed by atoms with Crippen LogP contribution in [0.1, 0.15) is 19.8 Å². The third-order valence-electron chi connectivity index (χ3n) is 2.90. The second-order valence-electron chi connectivity index (χ2n) is 4.35. The van der Waals surface area contributed by atoms with E-state index in [1.807, 2.05) is 0 Å². The molecule has 1 fully saturated rings. The summed E-state index contributed by atoms with van der Waals surface area (Å²) in [5, 5.41) is 16.7. The first-order valence-corrected chi connectivity index (χ1v) is 5.56. The summed E-state index contributed by atoms with van der Waals surface area (Å²) >= 11 is 0. The summed E-state index contributed by atoms with van der Waals surface area (Å²) in [4.78, 5) is 18.3. The normalized spacial score (nSPS) is 22.7. The Hall–Kier alpha value is -1.92. The number of nitrogens with zero attached hydrogens (tertiary/aromatic N) is 3. The summed E-state index contributed by atoms with van der Waals surface area (Å²) in [6, 6.07) is 0.281. The molecule has 17 heavy (non-hydrogen) atoms. The summed E-state index contributed by atoms with van der Waals surface area (Å²) < 4.78 is 0. The van der Waals surface area contributed by atoms with Gasteiger partial charge in [0.2, 0.25) is 11.8 Å². The molecule has 7 heteroatoms. The molecule has 1 saturated carbocycles. The maximum Gasteiger partial charge on any atom is 0.329 e. The highest BCUT2D eigenvalue weighted by molar-refractivity contribution is 5.57. The number of rotatable bonds is 4. The van der Waals surface area contributed by atoms with Crippen molar-refractivity contribution in [2.24, 2.45) is 5.92 Å². The molecule has 1 aromatic rings. The lowest BCUT2D eigenvalue weighted by molar-refractivity contribution is -0.384. The van der Waals surface area contributed by atoms with E-state index in [1.165, 1.54) is 6.20 Å². The zero-order chi connectivity index (χ0) is 12.4. The zero-order valence-electron chi connectivity index (χ0n) is 9.80. The minimum Gasteiger partial charge on any atom is -0.361 e. The molecule has 0 unspecified atom stereocenters. The van der Waals surface area contributed by atoms with Gasteiger partial charge in [-0.15, -0.1) is 0 Å². The summed E-state index contributed by atoms with van der Waals surface area (Å²) in [5.74, 6) is 1.36. The van der Waals surface area contributed by atoms with Crippen LogP contribution >= 0.6 is 0 Å². The smallest absolute Gasteiger partial charge is 0.329 e. The second-order valence-corrected chi connectivity index (χ2v) is 4.35. The molecule has 1 aliphatic carbocycles. The molecule has 2 N–H and O–H groups in total. The number of hydrogen-bond donors (Lipinski definition) is 2. The van der Waals surface area contributed by atoms with E-state index >= 15 is 0 Å². The molecule has 0 radical (unpaired) electrons. The van der Waals surface area contributed by atoms with Gasteiger partial charge < -0.3 is 10.6 Å². The zero-order valence-corrected chi connectivity index (χ0v) is 9.80. The van der Waals surface area contributed by atoms with E-state index < -0.39 is 4.92 Å². The van der Waals surface area contributed by atoms with E-state index in [4.69, 9.17) is 0 Å². The molecule has 0 aromatic carbocycles. The average molecular weight is 237 g/mol. The number of nitro groups is 1. The van der Waals surface area contributed by atoms with E-state index in [9.17, 15) is 10.1 Å². The highest BCUT2D eigenvalue weighted by Gasteiger charge is 2.28. The van der Waals surface area contributed by atoms with Crippen LogP contribution in [0.3, 0.4) is 0 Å². The van der Waals surface area contributed by atoms with Gasteiger partial charge in [0, 0.05) is 13.1 Å². The van der Waals surface area contributed by atoms with Gasteiger partial charge in [0.1, 0.15) is 6.20 Å². The van der Waals surface area contributed by atoms with Crippen LogP contribution in [0.4, 0.5) is 17.5 Å². The van der Waals surface area contributed by atoms with Gasteiger partial charge in [-0.1, -0.05) is 6.92 Å². The van der Waals surface area contributed by atoms with Crippen molar-refractivity contribution in [2.45, 2.75) is 25.8 Å². The van der Waals surface area contributed by atoms with Crippen LogP contribution in [-0.4, -0.2) is 28.0 Å². The van der Waals surface area contributed by atoms with Crippen molar-refractivity contribution < 1.29 is 4.92 Å². The van der Waals surface area contributed by atoms with Crippen molar-refractivity contribution in [3.63, 3.8) is 0 Å². The number of aromatic nitrogens is 2. The van der Waals surface area contributed by atoms with Crippen molar-refractivity contribution in [1.82, 2.24) is 9.97 Å². The third-order valence-corrected chi connectivity index (χ3v) is 2.90. The van der Waals surface area contributed by atoms with Gasteiger partial charge in [-0.2, -0.15) is 4.98 Å². The maximum absolute atomic E-state index is 10.8. The highest BCUT2D eigenvalue weighted by atomic mass is 16.6. The Balaban J connectivity index is 2.19. The molecule has 0 bridgehead atoms. The summed E-state index contributed by atoms with van der Waals surface area (Å²) in [7, 11) is 1.68. The maximum atomic E-state index is 10.8. The largest absolute Gasteiger partial charge is 0.361 e. The van der Waals surface area contributed by atoms with Gasteiger partial charge in [0.25, 0.3) is 0 Å². The molecular formula is C10H15N5O2. The molecule has 7 nitrogen and oxygen atoms in total. The lowest BCUT2D eigenvalue weighted by atomic mass is 9.82. The Bertz CT molecular complexity index is 431. The van der Waals surface area contributed by atoms with Crippen molar-refractivity contribution in [3.8, 4) is 0 Å². The Morgan fingerprint density at radius 1 is 1.53 bits per heavy atom. The van der Waals surface area contributed by atoms with Crippen LogP contribution in [0.25, 0.3) is 0 Å². The molecule has 0 aliphatic heterocycles. The number of hydrogen-bond acceptors (Lipinski definition) is 6. The quantitative estimate of drug-likeness (QED) is 0.610. The number of nitrogens with one attached hydrogen (secondary N) is 2. The van der Waals surface area contributed by atoms with Crippen LogP contribution in [0.15, 0.2) is 6.20 Å². The summed E-state index contributed by atoms with van der Waals surface area (Å²) in [6.07, 6.45) is 3.27. The fourth-order valence-electron chi connectivity index (χ4n) is 1.95. The average Bonchev–Trinajstić information content (AvgIpc) is 2.26. The van der Waals surface area contributed by atoms with Crippen LogP contribution < -0.4 is 10.6 Å². The topological polar surface area (TPSA) is 93.0 Å². The van der Waals surface area contributed by atoms with E-state index in [1.54, 1.807) is 7.05 Å². The minimum atomic E-state index is -0.468. The van der Waals surface area contributed by atoms with Gasteiger partial charge in [0.05, 0.1) is 4.92 Å².